The van der Waals surface area contributed by atoms with Gasteiger partial charge < -0.3 is 15.5 Å². The third-order valence-electron chi connectivity index (χ3n) is 6.96. The number of likely N-dealkylation sites (tertiary alicyclic amines) is 1. The van der Waals surface area contributed by atoms with Crippen LogP contribution in [0.4, 0.5) is 5.69 Å². The predicted molar refractivity (Wildman–Crippen MR) is 155 cm³/mol. The molecular weight excluding hydrogens is 514 g/mol. The lowest BCUT2D eigenvalue weighted by atomic mass is 9.88. The van der Waals surface area contributed by atoms with E-state index in [9.17, 15) is 19.8 Å². The lowest BCUT2D eigenvalue weighted by molar-refractivity contribution is -0.139. The number of rotatable bonds is 11. The molecule has 204 valence electrons. The molecule has 1 fully saturated rings. The Bertz CT molecular complexity index is 1270. The second-order valence-corrected chi connectivity index (χ2v) is 10.2. The van der Waals surface area contributed by atoms with Crippen molar-refractivity contribution in [1.82, 2.24) is 4.90 Å². The summed E-state index contributed by atoms with van der Waals surface area (Å²) < 4.78 is 0. The number of aliphatic imine (C=N–C) groups is 1. The van der Waals surface area contributed by atoms with Gasteiger partial charge in [0, 0.05) is 28.7 Å². The molecule has 0 radical (unpaired) electrons. The van der Waals surface area contributed by atoms with Crippen LogP contribution in [-0.2, 0) is 9.59 Å². The molecule has 0 spiro atoms. The average Bonchev–Trinajstić information content (AvgIpc) is 2.95. The number of carbonyl (C=O) groups is 2. The van der Waals surface area contributed by atoms with E-state index in [4.69, 9.17) is 16.6 Å². The number of aliphatic carboxylic acids is 1. The van der Waals surface area contributed by atoms with Crippen molar-refractivity contribution in [3.05, 3.63) is 101 Å². The van der Waals surface area contributed by atoms with Crippen LogP contribution in [0.2, 0.25) is 5.02 Å². The molecule has 1 aliphatic rings. The molecule has 0 bridgehead atoms. The summed E-state index contributed by atoms with van der Waals surface area (Å²) in [6.45, 7) is 1.92. The average molecular weight is 548 g/mol. The number of hydrogen-bond donors (Lipinski definition) is 3. The lowest BCUT2D eigenvalue weighted by Gasteiger charge is -2.26. The van der Waals surface area contributed by atoms with Crippen LogP contribution in [0.3, 0.4) is 0 Å². The van der Waals surface area contributed by atoms with E-state index in [1.54, 1.807) is 24.3 Å². The van der Waals surface area contributed by atoms with E-state index in [0.717, 1.165) is 37.1 Å². The second kappa shape index (κ2) is 14.0. The van der Waals surface area contributed by atoms with Crippen molar-refractivity contribution in [2.24, 2.45) is 4.99 Å². The predicted octanol–water partition coefficient (Wildman–Crippen LogP) is 5.22. The first kappa shape index (κ1) is 28.5. The number of nitrogens with zero attached hydrogens (tertiary/aromatic N) is 2. The number of halogens is 1. The highest BCUT2D eigenvalue weighted by molar-refractivity contribution is 6.30. The van der Waals surface area contributed by atoms with Gasteiger partial charge in [-0.3, -0.25) is 14.7 Å². The summed E-state index contributed by atoms with van der Waals surface area (Å²) in [5, 5.41) is 23.7. The highest BCUT2D eigenvalue weighted by Crippen LogP contribution is 2.30. The van der Waals surface area contributed by atoms with Crippen molar-refractivity contribution < 1.29 is 19.8 Å². The van der Waals surface area contributed by atoms with E-state index >= 15 is 0 Å². The van der Waals surface area contributed by atoms with E-state index in [1.807, 2.05) is 54.6 Å². The maximum atomic E-state index is 13.0. The monoisotopic (exact) mass is 547 g/mol. The number of hydrogen-bond acceptors (Lipinski definition) is 5. The van der Waals surface area contributed by atoms with E-state index in [-0.39, 0.29) is 18.9 Å². The van der Waals surface area contributed by atoms with Crippen molar-refractivity contribution >= 4 is 34.9 Å². The van der Waals surface area contributed by atoms with Gasteiger partial charge in [-0.15, -0.1) is 0 Å². The summed E-state index contributed by atoms with van der Waals surface area (Å²) in [5.74, 6) is -1.82. The summed E-state index contributed by atoms with van der Waals surface area (Å²) in [6, 6.07) is 22.4. The fourth-order valence-electron chi connectivity index (χ4n) is 5.02. The minimum Gasteiger partial charge on any atom is -0.480 e. The number of anilines is 1. The number of para-hydroxylation sites is 1. The quantitative estimate of drug-likeness (QED) is 0.286. The van der Waals surface area contributed by atoms with Gasteiger partial charge in [0.1, 0.15) is 0 Å². The van der Waals surface area contributed by atoms with Gasteiger partial charge in [-0.05, 0) is 56.1 Å². The minimum absolute atomic E-state index is 0.120. The molecule has 0 aliphatic carbocycles. The smallest absolute Gasteiger partial charge is 0.329 e. The normalized spacial score (nSPS) is 15.9. The molecule has 0 unspecified atom stereocenters. The van der Waals surface area contributed by atoms with E-state index in [1.165, 1.54) is 6.42 Å². The molecule has 1 heterocycles. The number of benzene rings is 3. The zero-order valence-corrected chi connectivity index (χ0v) is 22.6. The highest BCUT2D eigenvalue weighted by atomic mass is 35.5. The van der Waals surface area contributed by atoms with Gasteiger partial charge in [0.25, 0.3) is 0 Å². The summed E-state index contributed by atoms with van der Waals surface area (Å²) in [4.78, 5) is 32.6. The van der Waals surface area contributed by atoms with Crippen LogP contribution in [0, 0.1) is 0 Å². The Morgan fingerprint density at radius 1 is 0.923 bits per heavy atom. The summed E-state index contributed by atoms with van der Waals surface area (Å²) in [7, 11) is 0. The Morgan fingerprint density at radius 3 is 2.26 bits per heavy atom. The van der Waals surface area contributed by atoms with Crippen LogP contribution in [0.25, 0.3) is 0 Å². The Hall–Kier alpha value is -3.52. The zero-order valence-electron chi connectivity index (χ0n) is 21.8. The number of piperidine rings is 1. The second-order valence-electron chi connectivity index (χ2n) is 9.73. The molecule has 7 nitrogen and oxygen atoms in total. The molecule has 1 amide bonds. The van der Waals surface area contributed by atoms with Crippen LogP contribution < -0.4 is 5.32 Å². The highest BCUT2D eigenvalue weighted by Gasteiger charge is 2.30. The number of carbonyl (C=O) groups excluding carboxylic acids is 1. The molecule has 4 rings (SSSR count). The molecule has 3 aromatic carbocycles. The van der Waals surface area contributed by atoms with E-state index in [0.29, 0.717) is 28.5 Å². The fourth-order valence-corrected chi connectivity index (χ4v) is 5.14. The maximum Gasteiger partial charge on any atom is 0.329 e. The first-order chi connectivity index (χ1) is 19.0. The molecule has 1 aliphatic heterocycles. The van der Waals surface area contributed by atoms with Crippen LogP contribution >= 0.6 is 11.6 Å². The number of nitrogens with one attached hydrogen (secondary N) is 1. The first-order valence-corrected chi connectivity index (χ1v) is 13.7. The molecule has 2 atom stereocenters. The Balaban J connectivity index is 1.74. The van der Waals surface area contributed by atoms with Gasteiger partial charge >= 0.3 is 5.97 Å². The maximum absolute atomic E-state index is 13.0. The molecular formula is C31H34ClN3O4. The summed E-state index contributed by atoms with van der Waals surface area (Å²) in [5.41, 5.74) is 3.09. The van der Waals surface area contributed by atoms with Crippen molar-refractivity contribution in [2.75, 3.05) is 31.6 Å². The Labute approximate surface area is 234 Å². The number of carboxylic acid groups (broad SMARTS) is 1. The van der Waals surface area contributed by atoms with E-state index < -0.39 is 17.9 Å². The van der Waals surface area contributed by atoms with E-state index in [2.05, 4.69) is 10.2 Å². The van der Waals surface area contributed by atoms with Gasteiger partial charge in [0.2, 0.25) is 5.91 Å². The van der Waals surface area contributed by atoms with Gasteiger partial charge in [-0.25, -0.2) is 4.79 Å². The third-order valence-corrected chi connectivity index (χ3v) is 7.21. The van der Waals surface area contributed by atoms with Crippen LogP contribution in [0.15, 0.2) is 83.9 Å². The largest absolute Gasteiger partial charge is 0.480 e. The lowest BCUT2D eigenvalue weighted by Crippen LogP contribution is -2.37. The fraction of sp³-hybridized carbons (Fsp3) is 0.323. The number of carboxylic acids is 1. The van der Waals surface area contributed by atoms with Crippen molar-refractivity contribution in [3.8, 4) is 0 Å². The SMILES string of the molecule is O=C(CN1CCCCC1)Nc1ccccc1C(=N[C@H](C(=O)O)[C@@H](CCO)c1ccc(Cl)cc1)c1ccccc1. The van der Waals surface area contributed by atoms with Gasteiger partial charge in [-0.2, -0.15) is 0 Å². The topological polar surface area (TPSA) is 102 Å². The van der Waals surface area contributed by atoms with Crippen LogP contribution in [-0.4, -0.2) is 65.0 Å². The molecule has 0 aromatic heterocycles. The van der Waals surface area contributed by atoms with Gasteiger partial charge in [0.15, 0.2) is 6.04 Å². The zero-order chi connectivity index (χ0) is 27.6. The van der Waals surface area contributed by atoms with Gasteiger partial charge in [-0.1, -0.05) is 78.7 Å². The minimum atomic E-state index is -1.19. The first-order valence-electron chi connectivity index (χ1n) is 13.3. The standard InChI is InChI=1S/C31H34ClN3O4/c32-24-15-13-22(14-16-24)25(17-20-36)30(31(38)39)34-29(23-9-3-1-4-10-23)26-11-5-6-12-27(26)33-28(37)21-35-18-7-2-8-19-35/h1,3-6,9-16,25,30,36H,2,7-8,17-21H2,(H,33,37)(H,38,39)/t25-,30-/m0/s1. The molecule has 0 saturated carbocycles. The Morgan fingerprint density at radius 2 is 1.59 bits per heavy atom. The summed E-state index contributed by atoms with van der Waals surface area (Å²) >= 11 is 6.07. The van der Waals surface area contributed by atoms with Crippen molar-refractivity contribution in [1.29, 1.82) is 0 Å². The number of amides is 1. The Kier molecular flexibility index (Phi) is 10.3. The molecule has 3 N–H and O–H groups in total. The van der Waals surface area contributed by atoms with Crippen LogP contribution in [0.1, 0.15) is 48.3 Å². The molecule has 8 heteroatoms. The molecule has 1 saturated heterocycles. The molecule has 39 heavy (non-hydrogen) atoms. The van der Waals surface area contributed by atoms with Crippen molar-refractivity contribution in [2.45, 2.75) is 37.6 Å². The van der Waals surface area contributed by atoms with Gasteiger partial charge in [0.05, 0.1) is 17.9 Å². The molecule has 3 aromatic rings. The third kappa shape index (κ3) is 7.76. The van der Waals surface area contributed by atoms with Crippen molar-refractivity contribution in [3.63, 3.8) is 0 Å². The number of aliphatic hydroxyl groups is 1. The summed E-state index contributed by atoms with van der Waals surface area (Å²) in [6.07, 6.45) is 3.58. The van der Waals surface area contributed by atoms with Crippen LogP contribution in [0.5, 0.6) is 0 Å². The number of aliphatic hydroxyl groups excluding tert-OH is 1.